The van der Waals surface area contributed by atoms with E-state index in [2.05, 4.69) is 84.9 Å². The van der Waals surface area contributed by atoms with Gasteiger partial charge in [-0.25, -0.2) is 4.79 Å². The Morgan fingerprint density at radius 2 is 1.39 bits per heavy atom. The smallest absolute Gasteiger partial charge is 0.343 e. The van der Waals surface area contributed by atoms with Crippen LogP contribution in [-0.4, -0.2) is 33.9 Å². The number of ether oxygens (including phenoxy) is 4. The molecule has 5 nitrogen and oxygen atoms in total. The Hall–Kier alpha value is -5.07. The van der Waals surface area contributed by atoms with Gasteiger partial charge in [0.15, 0.2) is 18.1 Å². The monoisotopic (exact) mass is 600 g/mol. The number of thiophene rings is 1. The zero-order valence-corrected chi connectivity index (χ0v) is 25.6. The van der Waals surface area contributed by atoms with E-state index in [1.165, 1.54) is 38.8 Å². The number of carbonyl (C=O) groups is 1. The van der Waals surface area contributed by atoms with Crippen LogP contribution in [0, 0.1) is 0 Å². The Morgan fingerprint density at radius 3 is 2.14 bits per heavy atom. The first-order chi connectivity index (χ1) is 21.6. The number of methoxy groups -OCH3 is 3. The maximum atomic E-state index is 11.9. The fourth-order valence-electron chi connectivity index (χ4n) is 5.49. The molecule has 0 bridgehead atoms. The van der Waals surface area contributed by atoms with Crippen molar-refractivity contribution in [1.29, 1.82) is 0 Å². The molecule has 0 unspecified atom stereocenters. The Morgan fingerprint density at radius 1 is 0.659 bits per heavy atom. The van der Waals surface area contributed by atoms with Crippen molar-refractivity contribution in [3.8, 4) is 50.6 Å². The van der Waals surface area contributed by atoms with Crippen molar-refractivity contribution in [1.82, 2.24) is 0 Å². The number of esters is 1. The molecule has 0 radical (unpaired) electrons. The highest BCUT2D eigenvalue weighted by atomic mass is 32.1. The van der Waals surface area contributed by atoms with E-state index in [1.807, 2.05) is 41.7 Å². The first-order valence-corrected chi connectivity index (χ1v) is 15.1. The lowest BCUT2D eigenvalue weighted by atomic mass is 9.94. The molecule has 0 aliphatic carbocycles. The van der Waals surface area contributed by atoms with E-state index in [4.69, 9.17) is 18.9 Å². The van der Waals surface area contributed by atoms with Gasteiger partial charge in [-0.15, -0.1) is 11.3 Å². The number of para-hydroxylation sites is 1. The molecule has 5 aromatic carbocycles. The maximum absolute atomic E-state index is 11.9. The van der Waals surface area contributed by atoms with Gasteiger partial charge < -0.3 is 18.9 Å². The molecule has 0 saturated carbocycles. The molecule has 0 aliphatic heterocycles. The zero-order valence-electron chi connectivity index (χ0n) is 24.8. The molecule has 220 valence electrons. The van der Waals surface area contributed by atoms with Crippen LogP contribution in [0.4, 0.5) is 0 Å². The van der Waals surface area contributed by atoms with E-state index >= 15 is 0 Å². The van der Waals surface area contributed by atoms with E-state index in [-0.39, 0.29) is 6.61 Å². The second-order valence-electron chi connectivity index (χ2n) is 10.3. The predicted molar refractivity (Wildman–Crippen MR) is 178 cm³/mol. The van der Waals surface area contributed by atoms with Gasteiger partial charge >= 0.3 is 5.97 Å². The Balaban J connectivity index is 1.40. The number of carbonyl (C=O) groups excluding carboxylic acids is 1. The lowest BCUT2D eigenvalue weighted by Gasteiger charge is -2.17. The van der Waals surface area contributed by atoms with Crippen LogP contribution in [0.2, 0.25) is 0 Å². The summed E-state index contributed by atoms with van der Waals surface area (Å²) in [4.78, 5) is 13.2. The molecule has 0 fully saturated rings. The Kier molecular flexibility index (Phi) is 8.62. The lowest BCUT2D eigenvalue weighted by Crippen LogP contribution is -2.13. The number of hydrogen-bond donors (Lipinski definition) is 0. The molecule has 0 N–H and O–H groups in total. The summed E-state index contributed by atoms with van der Waals surface area (Å²) in [6.45, 7) is -0.205. The summed E-state index contributed by atoms with van der Waals surface area (Å²) >= 11 is 1.86. The van der Waals surface area contributed by atoms with Crippen molar-refractivity contribution in [2.24, 2.45) is 0 Å². The van der Waals surface area contributed by atoms with Gasteiger partial charge in [-0.2, -0.15) is 0 Å². The second kappa shape index (κ2) is 13.1. The molecular formula is C38H32O5S. The van der Waals surface area contributed by atoms with Crippen LogP contribution < -0.4 is 14.2 Å². The highest BCUT2D eigenvalue weighted by molar-refractivity contribution is 7.19. The van der Waals surface area contributed by atoms with Gasteiger partial charge in [0.05, 0.1) is 21.3 Å². The number of hydrogen-bond acceptors (Lipinski definition) is 6. The zero-order chi connectivity index (χ0) is 30.5. The van der Waals surface area contributed by atoms with E-state index < -0.39 is 5.97 Å². The van der Waals surface area contributed by atoms with Crippen LogP contribution in [0.1, 0.15) is 10.4 Å². The van der Waals surface area contributed by atoms with Gasteiger partial charge in [-0.3, -0.25) is 0 Å². The molecule has 6 aromatic rings. The van der Waals surface area contributed by atoms with Crippen LogP contribution in [0.15, 0.2) is 115 Å². The summed E-state index contributed by atoms with van der Waals surface area (Å²) in [5, 5.41) is 1.27. The average Bonchev–Trinajstić information content (AvgIpc) is 3.44. The van der Waals surface area contributed by atoms with Crippen LogP contribution in [0.25, 0.3) is 43.5 Å². The fraction of sp³-hybridized carbons (Fsp3) is 0.132. The molecule has 0 atom stereocenters. The number of fused-ring (bicyclic) bond motifs is 1. The molecule has 0 amide bonds. The van der Waals surface area contributed by atoms with Crippen molar-refractivity contribution in [2.45, 2.75) is 6.42 Å². The molecule has 6 heteroatoms. The van der Waals surface area contributed by atoms with Crippen LogP contribution >= 0.6 is 11.3 Å². The van der Waals surface area contributed by atoms with Gasteiger partial charge in [0.1, 0.15) is 5.75 Å². The largest absolute Gasteiger partial charge is 0.493 e. The minimum Gasteiger partial charge on any atom is -0.493 e. The lowest BCUT2D eigenvalue weighted by molar-refractivity contribution is -0.142. The molecule has 1 heterocycles. The van der Waals surface area contributed by atoms with E-state index in [1.54, 1.807) is 14.2 Å². The summed E-state index contributed by atoms with van der Waals surface area (Å²) < 4.78 is 23.3. The third-order valence-electron chi connectivity index (χ3n) is 7.63. The highest BCUT2D eigenvalue weighted by Gasteiger charge is 2.19. The fourth-order valence-corrected chi connectivity index (χ4v) is 6.75. The molecule has 6 rings (SSSR count). The second-order valence-corrected chi connectivity index (χ2v) is 11.4. The van der Waals surface area contributed by atoms with Gasteiger partial charge in [-0.1, -0.05) is 91.0 Å². The van der Waals surface area contributed by atoms with Gasteiger partial charge in [-0.05, 0) is 46.5 Å². The van der Waals surface area contributed by atoms with Crippen LogP contribution in [-0.2, 0) is 16.0 Å². The van der Waals surface area contributed by atoms with Gasteiger partial charge in [0.2, 0.25) is 0 Å². The molecule has 1 aromatic heterocycles. The third kappa shape index (κ3) is 5.90. The number of rotatable bonds is 10. The van der Waals surface area contributed by atoms with Gasteiger partial charge in [0.25, 0.3) is 0 Å². The predicted octanol–water partition coefficient (Wildman–Crippen LogP) is 9.06. The van der Waals surface area contributed by atoms with E-state index in [9.17, 15) is 4.79 Å². The minimum absolute atomic E-state index is 0.205. The maximum Gasteiger partial charge on any atom is 0.343 e. The quantitative estimate of drug-likeness (QED) is 0.147. The molecule has 44 heavy (non-hydrogen) atoms. The summed E-state index contributed by atoms with van der Waals surface area (Å²) in [7, 11) is 4.56. The normalized spacial score (nSPS) is 10.9. The third-order valence-corrected chi connectivity index (χ3v) is 8.80. The SMILES string of the molecule is COC(=O)COc1ccc(-c2ccc(-c3c(Cc4ccccc4)sc4ccccc34)cc2)cc1-c1cccc(OC)c1OC. The first kappa shape index (κ1) is 29.0. The van der Waals surface area contributed by atoms with Crippen LogP contribution in [0.3, 0.4) is 0 Å². The topological polar surface area (TPSA) is 54.0 Å². The van der Waals surface area contributed by atoms with Gasteiger partial charge in [0, 0.05) is 38.1 Å². The minimum atomic E-state index is -0.458. The highest BCUT2D eigenvalue weighted by Crippen LogP contribution is 2.44. The van der Waals surface area contributed by atoms with Crippen molar-refractivity contribution in [3.63, 3.8) is 0 Å². The summed E-state index contributed by atoms with van der Waals surface area (Å²) in [6.07, 6.45) is 0.885. The van der Waals surface area contributed by atoms with Crippen LogP contribution in [0.5, 0.6) is 17.2 Å². The molecule has 0 spiro atoms. The molecule has 0 saturated heterocycles. The van der Waals surface area contributed by atoms with Crippen molar-refractivity contribution >= 4 is 27.4 Å². The van der Waals surface area contributed by atoms with Crippen molar-refractivity contribution in [2.75, 3.05) is 27.9 Å². The summed E-state index contributed by atoms with van der Waals surface area (Å²) in [5.74, 6) is 1.27. The molecule has 0 aliphatic rings. The Bertz CT molecular complexity index is 1910. The standard InChI is InChI=1S/C38H32O5S/c1-40-33-14-9-13-29(38(33)42-3)31-23-28(20-21-32(31)43-24-36(39)41-2)26-16-18-27(19-17-26)37-30-12-7-8-15-34(30)44-35(37)22-25-10-5-4-6-11-25/h4-21,23H,22,24H2,1-3H3. The van der Waals surface area contributed by atoms with Crippen molar-refractivity contribution < 1.29 is 23.7 Å². The summed E-state index contributed by atoms with van der Waals surface area (Å²) in [5.41, 5.74) is 7.40. The summed E-state index contributed by atoms with van der Waals surface area (Å²) in [6, 6.07) is 39.6. The number of benzene rings is 5. The first-order valence-electron chi connectivity index (χ1n) is 14.3. The molecular weight excluding hydrogens is 568 g/mol. The average molecular weight is 601 g/mol. The van der Waals surface area contributed by atoms with Crippen molar-refractivity contribution in [3.05, 3.63) is 126 Å². The van der Waals surface area contributed by atoms with E-state index in [0.717, 1.165) is 28.7 Å². The Labute approximate surface area is 261 Å². The van der Waals surface area contributed by atoms with E-state index in [0.29, 0.717) is 17.2 Å².